The van der Waals surface area contributed by atoms with Gasteiger partial charge >= 0.3 is 6.01 Å². The van der Waals surface area contributed by atoms with Crippen molar-refractivity contribution >= 4 is 39.8 Å². The molecule has 3 aliphatic rings. The maximum absolute atomic E-state index is 12.5. The molecule has 0 radical (unpaired) electrons. The highest BCUT2D eigenvalue weighted by Gasteiger charge is 2.30. The molecular weight excluding hydrogens is 578 g/mol. The van der Waals surface area contributed by atoms with Gasteiger partial charge in [-0.25, -0.2) is 0 Å². The first kappa shape index (κ1) is 29.8. The van der Waals surface area contributed by atoms with Gasteiger partial charge in [-0.3, -0.25) is 14.7 Å². The van der Waals surface area contributed by atoms with Crippen LogP contribution in [-0.2, 0) is 17.8 Å². The standard InChI is InChI=1S/C32H36ClN9O2/c1-4-29(43)42-13-12-41(20-23(42)8-10-34)31-25-9-11-40(28-17-35-16-22-6-5-7-26(33)30(22)28)21-27(25)36-32(37-31)44-15-14-39(3)24-18-38(2)19-24/h4-7,16-17,20,24H,1,8-9,11-15,18-19,21H2,2-3H3. The molecule has 0 bridgehead atoms. The van der Waals surface area contributed by atoms with Crippen LogP contribution in [0.5, 0.6) is 6.01 Å². The van der Waals surface area contributed by atoms with Crippen LogP contribution in [0.15, 0.2) is 55.1 Å². The van der Waals surface area contributed by atoms with Gasteiger partial charge in [0.2, 0.25) is 5.91 Å². The van der Waals surface area contributed by atoms with Gasteiger partial charge in [0.15, 0.2) is 0 Å². The van der Waals surface area contributed by atoms with Crippen LogP contribution in [0.3, 0.4) is 0 Å². The monoisotopic (exact) mass is 613 g/mol. The number of anilines is 2. The Bertz CT molecular complexity index is 1640. The van der Waals surface area contributed by atoms with Crippen LogP contribution < -0.4 is 14.5 Å². The first-order valence-corrected chi connectivity index (χ1v) is 15.2. The molecule has 2 aromatic heterocycles. The number of aromatic nitrogens is 3. The summed E-state index contributed by atoms with van der Waals surface area (Å²) in [6.07, 6.45) is 7.60. The van der Waals surface area contributed by atoms with E-state index in [2.05, 4.69) is 46.4 Å². The zero-order chi connectivity index (χ0) is 30.8. The summed E-state index contributed by atoms with van der Waals surface area (Å²) in [5.41, 5.74) is 3.47. The van der Waals surface area contributed by atoms with E-state index in [0.717, 1.165) is 59.7 Å². The van der Waals surface area contributed by atoms with Gasteiger partial charge in [-0.1, -0.05) is 30.3 Å². The predicted molar refractivity (Wildman–Crippen MR) is 171 cm³/mol. The minimum absolute atomic E-state index is 0.0953. The normalized spacial score (nSPS) is 17.2. The number of carbonyl (C=O) groups is 1. The smallest absolute Gasteiger partial charge is 0.318 e. The topological polar surface area (TPSA) is 105 Å². The first-order chi connectivity index (χ1) is 21.4. The number of hydrogen-bond acceptors (Lipinski definition) is 10. The van der Waals surface area contributed by atoms with Crippen molar-refractivity contribution in [2.24, 2.45) is 0 Å². The summed E-state index contributed by atoms with van der Waals surface area (Å²) < 4.78 is 6.19. The highest BCUT2D eigenvalue weighted by atomic mass is 35.5. The van der Waals surface area contributed by atoms with Crippen LogP contribution >= 0.6 is 11.6 Å². The minimum atomic E-state index is -0.223. The van der Waals surface area contributed by atoms with Gasteiger partial charge in [-0.05, 0) is 32.7 Å². The fourth-order valence-electron chi connectivity index (χ4n) is 6.13. The first-order valence-electron chi connectivity index (χ1n) is 14.8. The Balaban J connectivity index is 1.32. The summed E-state index contributed by atoms with van der Waals surface area (Å²) in [6.45, 7) is 9.13. The summed E-state index contributed by atoms with van der Waals surface area (Å²) in [5, 5.41) is 12.1. The number of halogens is 1. The van der Waals surface area contributed by atoms with Crippen molar-refractivity contribution in [3.05, 3.63) is 71.4 Å². The van der Waals surface area contributed by atoms with Gasteiger partial charge in [0, 0.05) is 74.0 Å². The molecule has 228 valence electrons. The van der Waals surface area contributed by atoms with Gasteiger partial charge in [0.25, 0.3) is 0 Å². The predicted octanol–water partition coefficient (Wildman–Crippen LogP) is 3.46. The van der Waals surface area contributed by atoms with E-state index >= 15 is 0 Å². The molecule has 0 unspecified atom stereocenters. The quantitative estimate of drug-likeness (QED) is 0.333. The molecule has 3 aliphatic heterocycles. The number of likely N-dealkylation sites (N-methyl/N-ethyl adjacent to an activating group) is 2. The average Bonchev–Trinajstić information content (AvgIpc) is 3.02. The second kappa shape index (κ2) is 12.8. The Labute approximate surface area is 262 Å². The molecule has 0 aliphatic carbocycles. The van der Waals surface area contributed by atoms with Crippen molar-refractivity contribution in [1.82, 2.24) is 29.7 Å². The Morgan fingerprint density at radius 1 is 1.25 bits per heavy atom. The summed E-state index contributed by atoms with van der Waals surface area (Å²) in [7, 11) is 4.24. The molecule has 44 heavy (non-hydrogen) atoms. The molecule has 1 amide bonds. The second-order valence-electron chi connectivity index (χ2n) is 11.5. The maximum atomic E-state index is 12.5. The second-order valence-corrected chi connectivity index (χ2v) is 11.9. The Kier molecular flexibility index (Phi) is 8.66. The minimum Gasteiger partial charge on any atom is -0.462 e. The van der Waals surface area contributed by atoms with E-state index < -0.39 is 0 Å². The molecule has 11 nitrogen and oxygen atoms in total. The Hall–Kier alpha value is -4.24. The highest BCUT2D eigenvalue weighted by Crippen LogP contribution is 2.37. The number of fused-ring (bicyclic) bond motifs is 2. The van der Waals surface area contributed by atoms with Crippen molar-refractivity contribution in [2.75, 3.05) is 69.8 Å². The van der Waals surface area contributed by atoms with E-state index in [4.69, 9.17) is 26.3 Å². The molecule has 5 heterocycles. The molecular formula is C32H36ClN9O2. The molecule has 0 spiro atoms. The lowest BCUT2D eigenvalue weighted by Crippen LogP contribution is -2.57. The molecule has 0 atom stereocenters. The molecule has 1 fully saturated rings. The molecule has 1 saturated heterocycles. The lowest BCUT2D eigenvalue weighted by Gasteiger charge is -2.41. The average molecular weight is 614 g/mol. The van der Waals surface area contributed by atoms with E-state index in [1.165, 1.54) is 6.08 Å². The third-order valence-electron chi connectivity index (χ3n) is 8.61. The molecule has 12 heteroatoms. The van der Waals surface area contributed by atoms with E-state index in [1.807, 2.05) is 41.7 Å². The van der Waals surface area contributed by atoms with E-state index in [1.54, 1.807) is 4.90 Å². The number of ether oxygens (including phenoxy) is 1. The van der Waals surface area contributed by atoms with E-state index in [0.29, 0.717) is 55.4 Å². The largest absolute Gasteiger partial charge is 0.462 e. The number of carbonyl (C=O) groups excluding carboxylic acids is 1. The molecule has 1 aromatic carbocycles. The molecule has 3 aromatic rings. The van der Waals surface area contributed by atoms with Gasteiger partial charge in [0.05, 0.1) is 47.3 Å². The fourth-order valence-corrected chi connectivity index (χ4v) is 6.41. The van der Waals surface area contributed by atoms with Crippen LogP contribution in [0.4, 0.5) is 11.5 Å². The van der Waals surface area contributed by atoms with Gasteiger partial charge < -0.3 is 24.3 Å². The Morgan fingerprint density at radius 3 is 2.86 bits per heavy atom. The van der Waals surface area contributed by atoms with Crippen molar-refractivity contribution in [3.63, 3.8) is 0 Å². The van der Waals surface area contributed by atoms with Crippen molar-refractivity contribution < 1.29 is 9.53 Å². The van der Waals surface area contributed by atoms with Crippen LogP contribution in [0, 0.1) is 11.3 Å². The lowest BCUT2D eigenvalue weighted by molar-refractivity contribution is -0.124. The third kappa shape index (κ3) is 5.93. The van der Waals surface area contributed by atoms with Crippen molar-refractivity contribution in [3.8, 4) is 12.1 Å². The number of hydrogen-bond donors (Lipinski definition) is 0. The highest BCUT2D eigenvalue weighted by molar-refractivity contribution is 6.36. The van der Waals surface area contributed by atoms with Crippen molar-refractivity contribution in [2.45, 2.75) is 25.4 Å². The van der Waals surface area contributed by atoms with Crippen LogP contribution in [0.25, 0.3) is 10.8 Å². The summed E-state index contributed by atoms with van der Waals surface area (Å²) in [6, 6.07) is 8.87. The maximum Gasteiger partial charge on any atom is 0.318 e. The number of amides is 1. The summed E-state index contributed by atoms with van der Waals surface area (Å²) in [4.78, 5) is 37.3. The fraction of sp³-hybridized carbons (Fsp3) is 0.406. The number of rotatable bonds is 9. The van der Waals surface area contributed by atoms with Crippen LogP contribution in [0.1, 0.15) is 17.7 Å². The Morgan fingerprint density at radius 2 is 2.09 bits per heavy atom. The number of nitriles is 1. The van der Waals surface area contributed by atoms with Crippen LogP contribution in [0.2, 0.25) is 5.02 Å². The number of likely N-dealkylation sites (tertiary alicyclic amines) is 1. The van der Waals surface area contributed by atoms with E-state index in [-0.39, 0.29) is 12.3 Å². The summed E-state index contributed by atoms with van der Waals surface area (Å²) in [5.74, 6) is 0.522. The number of benzene rings is 1. The molecule has 6 rings (SSSR count). The number of allylic oxidation sites excluding steroid dienone is 1. The number of pyridine rings is 1. The van der Waals surface area contributed by atoms with E-state index in [9.17, 15) is 10.1 Å². The third-order valence-corrected chi connectivity index (χ3v) is 8.92. The summed E-state index contributed by atoms with van der Waals surface area (Å²) >= 11 is 6.67. The zero-order valence-corrected chi connectivity index (χ0v) is 25.9. The molecule has 0 saturated carbocycles. The van der Waals surface area contributed by atoms with Gasteiger partial charge in [-0.2, -0.15) is 15.2 Å². The molecule has 0 N–H and O–H groups in total. The number of nitrogens with zero attached hydrogens (tertiary/aromatic N) is 9. The van der Waals surface area contributed by atoms with Gasteiger partial charge in [0.1, 0.15) is 12.4 Å². The van der Waals surface area contributed by atoms with Crippen LogP contribution in [-0.4, -0.2) is 102 Å². The lowest BCUT2D eigenvalue weighted by atomic mass is 10.0. The zero-order valence-electron chi connectivity index (χ0n) is 25.1. The SMILES string of the molecule is C=CC(=O)N1CCN(c2nc(OCCN(C)C3CN(C)C3)nc3c2CCN(c2cncc4cccc(Cl)c24)C3)C=C1CC#N. The van der Waals surface area contributed by atoms with Crippen molar-refractivity contribution in [1.29, 1.82) is 5.26 Å². The van der Waals surface area contributed by atoms with Gasteiger partial charge in [-0.15, -0.1) is 0 Å².